The summed E-state index contributed by atoms with van der Waals surface area (Å²) in [4.78, 5) is 32.9. The van der Waals surface area contributed by atoms with Crippen LogP contribution < -0.4 is 4.90 Å². The van der Waals surface area contributed by atoms with Crippen molar-refractivity contribution in [3.63, 3.8) is 0 Å². The average molecular weight is 404 g/mol. The van der Waals surface area contributed by atoms with Crippen LogP contribution in [0.1, 0.15) is 22.2 Å². The molecule has 0 saturated carbocycles. The van der Waals surface area contributed by atoms with Crippen LogP contribution in [0.5, 0.6) is 0 Å². The number of pyridine rings is 1. The zero-order valence-corrected chi connectivity index (χ0v) is 17.0. The molecule has 4 heterocycles. The number of aromatic nitrogens is 3. The number of hydrogen-bond donors (Lipinski definition) is 0. The normalized spacial score (nSPS) is 14.7. The summed E-state index contributed by atoms with van der Waals surface area (Å²) in [5, 5.41) is 2.11. The van der Waals surface area contributed by atoms with Gasteiger partial charge < -0.3 is 9.80 Å². The summed E-state index contributed by atoms with van der Waals surface area (Å²) in [6.45, 7) is 5.01. The van der Waals surface area contributed by atoms with E-state index in [0.717, 1.165) is 46.4 Å². The number of rotatable bonds is 3. The molecule has 1 aliphatic rings. The molecule has 0 bridgehead atoms. The van der Waals surface area contributed by atoms with Crippen molar-refractivity contribution in [2.45, 2.75) is 13.3 Å². The Kier molecular flexibility index (Phi) is 4.60. The van der Waals surface area contributed by atoms with Crippen LogP contribution in [0.25, 0.3) is 21.1 Å². The fourth-order valence-corrected chi connectivity index (χ4v) is 4.74. The van der Waals surface area contributed by atoms with Gasteiger partial charge in [-0.2, -0.15) is 0 Å². The topological polar surface area (TPSA) is 62.2 Å². The van der Waals surface area contributed by atoms with Gasteiger partial charge in [0.05, 0.1) is 16.5 Å². The molecular weight excluding hydrogens is 382 g/mol. The molecule has 0 aliphatic carbocycles. The maximum atomic E-state index is 13.0. The van der Waals surface area contributed by atoms with Gasteiger partial charge in [-0.15, -0.1) is 11.3 Å². The fraction of sp³-hybridized carbons (Fsp3) is 0.273. The Labute approximate surface area is 172 Å². The number of fused-ring (bicyclic) bond motifs is 2. The predicted molar refractivity (Wildman–Crippen MR) is 117 cm³/mol. The number of thiophene rings is 1. The number of para-hydroxylation sites is 1. The highest BCUT2D eigenvalue weighted by atomic mass is 32.1. The third kappa shape index (κ3) is 3.31. The van der Waals surface area contributed by atoms with Crippen molar-refractivity contribution in [2.24, 2.45) is 0 Å². The van der Waals surface area contributed by atoms with E-state index in [2.05, 4.69) is 32.8 Å². The van der Waals surface area contributed by atoms with Crippen molar-refractivity contribution in [1.82, 2.24) is 19.9 Å². The molecule has 29 heavy (non-hydrogen) atoms. The van der Waals surface area contributed by atoms with E-state index in [1.165, 1.54) is 4.88 Å². The lowest BCUT2D eigenvalue weighted by molar-refractivity contribution is 0.0746. The van der Waals surface area contributed by atoms with E-state index in [1.54, 1.807) is 23.9 Å². The van der Waals surface area contributed by atoms with Crippen molar-refractivity contribution in [1.29, 1.82) is 0 Å². The quantitative estimate of drug-likeness (QED) is 0.521. The van der Waals surface area contributed by atoms with Gasteiger partial charge in [0.1, 0.15) is 17.0 Å². The molecule has 7 heteroatoms. The lowest BCUT2D eigenvalue weighted by atomic mass is 10.1. The Hall–Kier alpha value is -3.06. The third-order valence-corrected chi connectivity index (χ3v) is 6.60. The lowest BCUT2D eigenvalue weighted by Gasteiger charge is -2.35. The summed E-state index contributed by atoms with van der Waals surface area (Å²) < 4.78 is 0. The summed E-state index contributed by atoms with van der Waals surface area (Å²) in [6, 6.07) is 12.0. The molecule has 0 N–H and O–H groups in total. The maximum absolute atomic E-state index is 13.0. The minimum absolute atomic E-state index is 0.0412. The van der Waals surface area contributed by atoms with Crippen molar-refractivity contribution in [2.75, 3.05) is 31.1 Å². The average Bonchev–Trinajstić information content (AvgIpc) is 3.22. The highest BCUT2D eigenvalue weighted by Crippen LogP contribution is 2.31. The van der Waals surface area contributed by atoms with Gasteiger partial charge in [0.15, 0.2) is 0 Å². The van der Waals surface area contributed by atoms with E-state index < -0.39 is 0 Å². The van der Waals surface area contributed by atoms with Crippen LogP contribution >= 0.6 is 11.3 Å². The van der Waals surface area contributed by atoms with Crippen molar-refractivity contribution in [3.05, 3.63) is 59.4 Å². The fourth-order valence-electron chi connectivity index (χ4n) is 3.81. The van der Waals surface area contributed by atoms with Crippen LogP contribution in [0.15, 0.2) is 48.9 Å². The first-order valence-electron chi connectivity index (χ1n) is 9.85. The van der Waals surface area contributed by atoms with E-state index in [4.69, 9.17) is 0 Å². The molecule has 0 radical (unpaired) electrons. The van der Waals surface area contributed by atoms with E-state index in [0.29, 0.717) is 18.7 Å². The molecule has 0 atom stereocenters. The molecule has 1 amide bonds. The predicted octanol–water partition coefficient (Wildman–Crippen LogP) is 3.76. The number of anilines is 1. The zero-order valence-electron chi connectivity index (χ0n) is 16.2. The van der Waals surface area contributed by atoms with Gasteiger partial charge in [-0.3, -0.25) is 9.78 Å². The Bertz CT molecular complexity index is 1200. The highest BCUT2D eigenvalue weighted by molar-refractivity contribution is 7.18. The smallest absolute Gasteiger partial charge is 0.255 e. The number of nitrogens with zero attached hydrogens (tertiary/aromatic N) is 5. The third-order valence-electron chi connectivity index (χ3n) is 5.41. The molecule has 0 spiro atoms. The van der Waals surface area contributed by atoms with Crippen molar-refractivity contribution >= 4 is 44.2 Å². The maximum Gasteiger partial charge on any atom is 0.255 e. The molecule has 1 aliphatic heterocycles. The van der Waals surface area contributed by atoms with E-state index in [-0.39, 0.29) is 5.91 Å². The SMILES string of the molecule is CCc1cc2c(N3CCN(C(=O)c4cnc5ccccc5c4)CC3)ncnc2s1. The molecule has 1 saturated heterocycles. The van der Waals surface area contributed by atoms with Crippen LogP contribution in [0.4, 0.5) is 5.82 Å². The molecular formula is C22H21N5OS. The van der Waals surface area contributed by atoms with Crippen LogP contribution in [-0.2, 0) is 6.42 Å². The minimum Gasteiger partial charge on any atom is -0.352 e. The number of carbonyl (C=O) groups excluding carboxylic acids is 1. The summed E-state index contributed by atoms with van der Waals surface area (Å²) in [5.74, 6) is 1.02. The Morgan fingerprint density at radius 2 is 1.90 bits per heavy atom. The number of benzene rings is 1. The van der Waals surface area contributed by atoms with Gasteiger partial charge in [-0.05, 0) is 24.6 Å². The Morgan fingerprint density at radius 1 is 1.07 bits per heavy atom. The second-order valence-electron chi connectivity index (χ2n) is 7.18. The summed E-state index contributed by atoms with van der Waals surface area (Å²) in [5.41, 5.74) is 1.55. The lowest BCUT2D eigenvalue weighted by Crippen LogP contribution is -2.49. The van der Waals surface area contributed by atoms with Crippen LogP contribution in [0, 0.1) is 0 Å². The van der Waals surface area contributed by atoms with E-state index in [9.17, 15) is 4.79 Å². The van der Waals surface area contributed by atoms with Crippen molar-refractivity contribution in [3.8, 4) is 0 Å². The molecule has 6 nitrogen and oxygen atoms in total. The van der Waals surface area contributed by atoms with Crippen LogP contribution in [-0.4, -0.2) is 51.9 Å². The Morgan fingerprint density at radius 3 is 2.72 bits per heavy atom. The molecule has 5 rings (SSSR count). The van der Waals surface area contributed by atoms with Gasteiger partial charge in [0.2, 0.25) is 0 Å². The molecule has 1 aromatic carbocycles. The summed E-state index contributed by atoms with van der Waals surface area (Å²) in [7, 11) is 0. The monoisotopic (exact) mass is 403 g/mol. The van der Waals surface area contributed by atoms with Gasteiger partial charge in [0.25, 0.3) is 5.91 Å². The Balaban J connectivity index is 1.33. The molecule has 1 fully saturated rings. The second kappa shape index (κ2) is 7.40. The number of carbonyl (C=O) groups is 1. The standard InChI is InChI=1S/C22H21N5OS/c1-2-17-12-18-20(24-14-25-21(18)29-17)26-7-9-27(10-8-26)22(28)16-11-15-5-3-4-6-19(15)23-13-16/h3-6,11-14H,2,7-10H2,1H3. The highest BCUT2D eigenvalue weighted by Gasteiger charge is 2.24. The van der Waals surface area contributed by atoms with E-state index in [1.807, 2.05) is 35.2 Å². The summed E-state index contributed by atoms with van der Waals surface area (Å²) >= 11 is 1.73. The second-order valence-corrected chi connectivity index (χ2v) is 8.29. The largest absolute Gasteiger partial charge is 0.352 e. The van der Waals surface area contributed by atoms with Crippen molar-refractivity contribution < 1.29 is 4.79 Å². The minimum atomic E-state index is 0.0412. The van der Waals surface area contributed by atoms with Gasteiger partial charge in [0, 0.05) is 42.6 Å². The first-order valence-corrected chi connectivity index (χ1v) is 10.7. The van der Waals surface area contributed by atoms with Gasteiger partial charge >= 0.3 is 0 Å². The number of aryl methyl sites for hydroxylation is 1. The molecule has 146 valence electrons. The molecule has 3 aromatic heterocycles. The molecule has 0 unspecified atom stereocenters. The number of piperazine rings is 1. The summed E-state index contributed by atoms with van der Waals surface area (Å²) in [6.07, 6.45) is 4.33. The zero-order chi connectivity index (χ0) is 19.8. The number of hydrogen-bond acceptors (Lipinski definition) is 6. The number of amides is 1. The van der Waals surface area contributed by atoms with Gasteiger partial charge in [-0.25, -0.2) is 9.97 Å². The molecule has 4 aromatic rings. The van der Waals surface area contributed by atoms with Crippen LogP contribution in [0.3, 0.4) is 0 Å². The van der Waals surface area contributed by atoms with Crippen LogP contribution in [0.2, 0.25) is 0 Å². The first-order chi connectivity index (χ1) is 14.2. The van der Waals surface area contributed by atoms with Gasteiger partial charge in [-0.1, -0.05) is 25.1 Å². The van der Waals surface area contributed by atoms with E-state index >= 15 is 0 Å². The first kappa shape index (κ1) is 18.0.